The summed E-state index contributed by atoms with van der Waals surface area (Å²) < 4.78 is 5.77. The lowest BCUT2D eigenvalue weighted by molar-refractivity contribution is -0.137. The van der Waals surface area contributed by atoms with Gasteiger partial charge in [0.05, 0.1) is 6.61 Å². The number of hydrazone groups is 1. The van der Waals surface area contributed by atoms with Crippen LogP contribution in [-0.4, -0.2) is 30.1 Å². The van der Waals surface area contributed by atoms with E-state index < -0.39 is 5.97 Å². The zero-order valence-corrected chi connectivity index (χ0v) is 14.4. The second-order valence-corrected chi connectivity index (χ2v) is 5.56. The molecule has 26 heavy (non-hydrogen) atoms. The maximum absolute atomic E-state index is 10.5. The number of aliphatic carboxylic acids is 1. The Labute approximate surface area is 152 Å². The third-order valence-electron chi connectivity index (χ3n) is 3.56. The summed E-state index contributed by atoms with van der Waals surface area (Å²) in [6.07, 6.45) is 1.33. The van der Waals surface area contributed by atoms with Crippen LogP contribution in [0.5, 0.6) is 5.75 Å². The fourth-order valence-electron chi connectivity index (χ4n) is 2.26. The first-order valence-corrected chi connectivity index (χ1v) is 8.36. The van der Waals surface area contributed by atoms with Gasteiger partial charge in [-0.1, -0.05) is 42.5 Å². The third kappa shape index (κ3) is 6.72. The van der Waals surface area contributed by atoms with Crippen LogP contribution in [0.1, 0.15) is 24.0 Å². The average Bonchev–Trinajstić information content (AvgIpc) is 2.65. The Balaban J connectivity index is 1.88. The molecule has 0 aliphatic heterocycles. The topological polar surface area (TPSA) is 107 Å². The van der Waals surface area contributed by atoms with E-state index >= 15 is 0 Å². The van der Waals surface area contributed by atoms with Crippen LogP contribution in [0.3, 0.4) is 0 Å². The molecular formula is C19H22N4O3. The van der Waals surface area contributed by atoms with Crippen LogP contribution in [-0.2, 0) is 11.2 Å². The van der Waals surface area contributed by atoms with Crippen molar-refractivity contribution in [1.29, 1.82) is 5.53 Å². The SMILES string of the molecule is N=N/C(=N\NCCCC(=O)O)c1cccc(OCCc2ccccc2)c1. The number of hydrogen-bond acceptors (Lipinski definition) is 5. The first-order chi connectivity index (χ1) is 12.7. The standard InChI is InChI=1S/C19H22N4O3/c20-22-19(23-21-12-5-10-18(24)25)16-8-4-9-17(14-16)26-13-11-15-6-2-1-3-7-15/h1-4,6-9,14,20-21H,5,10-13H2,(H,24,25)/b22-20?,23-19-. The number of carboxylic acids is 1. The van der Waals surface area contributed by atoms with Crippen LogP contribution in [0.2, 0.25) is 0 Å². The molecule has 0 amide bonds. The van der Waals surface area contributed by atoms with Crippen LogP contribution in [0.25, 0.3) is 0 Å². The maximum Gasteiger partial charge on any atom is 0.303 e. The molecule has 0 aliphatic carbocycles. The minimum absolute atomic E-state index is 0.0701. The van der Waals surface area contributed by atoms with Gasteiger partial charge in [0.2, 0.25) is 0 Å². The molecule has 136 valence electrons. The molecule has 0 atom stereocenters. The minimum Gasteiger partial charge on any atom is -0.493 e. The lowest BCUT2D eigenvalue weighted by atomic mass is 10.2. The molecule has 7 nitrogen and oxygen atoms in total. The monoisotopic (exact) mass is 354 g/mol. The first-order valence-electron chi connectivity index (χ1n) is 8.36. The molecule has 0 saturated heterocycles. The Bertz CT molecular complexity index is 747. The Morgan fingerprint density at radius 3 is 2.69 bits per heavy atom. The van der Waals surface area contributed by atoms with Crippen LogP contribution in [0.4, 0.5) is 0 Å². The molecule has 0 bridgehead atoms. The van der Waals surface area contributed by atoms with Gasteiger partial charge in [-0.25, -0.2) is 5.53 Å². The van der Waals surface area contributed by atoms with Gasteiger partial charge in [-0.05, 0) is 24.1 Å². The summed E-state index contributed by atoms with van der Waals surface area (Å²) in [4.78, 5) is 10.5. The molecule has 2 rings (SSSR count). The number of nitrogens with one attached hydrogen (secondary N) is 2. The van der Waals surface area contributed by atoms with Gasteiger partial charge in [0, 0.05) is 24.9 Å². The van der Waals surface area contributed by atoms with Gasteiger partial charge in [0.15, 0.2) is 5.84 Å². The molecule has 0 fully saturated rings. The molecule has 0 aliphatic rings. The van der Waals surface area contributed by atoms with Gasteiger partial charge in [-0.3, -0.25) is 4.79 Å². The summed E-state index contributed by atoms with van der Waals surface area (Å²) in [5.41, 5.74) is 11.9. The highest BCUT2D eigenvalue weighted by Crippen LogP contribution is 2.15. The molecule has 0 heterocycles. The van der Waals surface area contributed by atoms with E-state index in [0.29, 0.717) is 30.9 Å². The number of amidine groups is 1. The summed E-state index contributed by atoms with van der Waals surface area (Å²) in [6, 6.07) is 17.3. The Kier molecular flexibility index (Phi) is 7.79. The number of ether oxygens (including phenoxy) is 1. The van der Waals surface area contributed by atoms with Crippen molar-refractivity contribution in [3.05, 3.63) is 65.7 Å². The second-order valence-electron chi connectivity index (χ2n) is 5.56. The predicted molar refractivity (Wildman–Crippen MR) is 98.6 cm³/mol. The highest BCUT2D eigenvalue weighted by atomic mass is 16.5. The van der Waals surface area contributed by atoms with Crippen molar-refractivity contribution >= 4 is 11.8 Å². The van der Waals surface area contributed by atoms with E-state index in [1.54, 1.807) is 12.1 Å². The number of hydrogen-bond donors (Lipinski definition) is 3. The van der Waals surface area contributed by atoms with Crippen molar-refractivity contribution in [2.75, 3.05) is 13.2 Å². The van der Waals surface area contributed by atoms with Crippen molar-refractivity contribution in [1.82, 2.24) is 5.43 Å². The number of nitrogens with zero attached hydrogens (tertiary/aromatic N) is 2. The van der Waals surface area contributed by atoms with Crippen molar-refractivity contribution in [2.24, 2.45) is 10.2 Å². The number of benzene rings is 2. The van der Waals surface area contributed by atoms with Gasteiger partial charge in [0.25, 0.3) is 0 Å². The van der Waals surface area contributed by atoms with E-state index in [0.717, 1.165) is 6.42 Å². The van der Waals surface area contributed by atoms with Crippen LogP contribution in [0, 0.1) is 5.53 Å². The van der Waals surface area contributed by atoms with Gasteiger partial charge < -0.3 is 15.3 Å². The van der Waals surface area contributed by atoms with Crippen molar-refractivity contribution in [3.8, 4) is 5.75 Å². The summed E-state index contributed by atoms with van der Waals surface area (Å²) in [6.45, 7) is 0.948. The van der Waals surface area contributed by atoms with E-state index in [2.05, 4.69) is 27.8 Å². The first kappa shape index (κ1) is 19.1. The summed E-state index contributed by atoms with van der Waals surface area (Å²) in [5, 5.41) is 16.1. The van der Waals surface area contributed by atoms with Crippen LogP contribution in [0.15, 0.2) is 64.8 Å². The van der Waals surface area contributed by atoms with Gasteiger partial charge >= 0.3 is 5.97 Å². The van der Waals surface area contributed by atoms with Crippen molar-refractivity contribution in [3.63, 3.8) is 0 Å². The minimum atomic E-state index is -0.846. The molecule has 7 heteroatoms. The summed E-state index contributed by atoms with van der Waals surface area (Å²) >= 11 is 0. The molecular weight excluding hydrogens is 332 g/mol. The highest BCUT2D eigenvalue weighted by Gasteiger charge is 2.05. The van der Waals surface area contributed by atoms with Crippen molar-refractivity contribution < 1.29 is 14.6 Å². The maximum atomic E-state index is 10.5. The molecule has 2 aromatic rings. The quantitative estimate of drug-likeness (QED) is 0.200. The Morgan fingerprint density at radius 1 is 1.15 bits per heavy atom. The lowest BCUT2D eigenvalue weighted by Gasteiger charge is -2.08. The molecule has 0 aromatic heterocycles. The van der Waals surface area contributed by atoms with Gasteiger partial charge in [-0.2, -0.15) is 5.10 Å². The van der Waals surface area contributed by atoms with Crippen LogP contribution >= 0.6 is 0 Å². The molecule has 0 radical (unpaired) electrons. The summed E-state index contributed by atoms with van der Waals surface area (Å²) in [7, 11) is 0. The van der Waals surface area contributed by atoms with E-state index in [1.807, 2.05) is 30.3 Å². The van der Waals surface area contributed by atoms with Crippen LogP contribution < -0.4 is 10.2 Å². The fourth-order valence-corrected chi connectivity index (χ4v) is 2.26. The van der Waals surface area contributed by atoms with Crippen molar-refractivity contribution in [2.45, 2.75) is 19.3 Å². The van der Waals surface area contributed by atoms with E-state index in [9.17, 15) is 4.79 Å². The number of rotatable bonds is 10. The third-order valence-corrected chi connectivity index (χ3v) is 3.56. The number of carboxylic acid groups (broad SMARTS) is 1. The normalized spacial score (nSPS) is 11.0. The van der Waals surface area contributed by atoms with Gasteiger partial charge in [0.1, 0.15) is 5.75 Å². The zero-order chi connectivity index (χ0) is 18.6. The Morgan fingerprint density at radius 2 is 1.96 bits per heavy atom. The molecule has 0 saturated carbocycles. The predicted octanol–water partition coefficient (Wildman–Crippen LogP) is 3.46. The largest absolute Gasteiger partial charge is 0.493 e. The smallest absolute Gasteiger partial charge is 0.303 e. The molecule has 0 spiro atoms. The second kappa shape index (κ2) is 10.6. The molecule has 3 N–H and O–H groups in total. The van der Waals surface area contributed by atoms with E-state index in [-0.39, 0.29) is 12.3 Å². The Hall–Kier alpha value is -3.22. The zero-order valence-electron chi connectivity index (χ0n) is 14.4. The average molecular weight is 354 g/mol. The highest BCUT2D eigenvalue weighted by molar-refractivity contribution is 5.99. The lowest BCUT2D eigenvalue weighted by Crippen LogP contribution is -2.13. The fraction of sp³-hybridized carbons (Fsp3) is 0.263. The van der Waals surface area contributed by atoms with E-state index in [4.69, 9.17) is 15.4 Å². The number of carbonyl (C=O) groups is 1. The molecule has 2 aromatic carbocycles. The van der Waals surface area contributed by atoms with Gasteiger partial charge in [-0.15, -0.1) is 5.11 Å². The van der Waals surface area contributed by atoms with E-state index in [1.165, 1.54) is 5.56 Å². The molecule has 0 unspecified atom stereocenters. The summed E-state index contributed by atoms with van der Waals surface area (Å²) in [5.74, 6) is 0.0519.